The lowest BCUT2D eigenvalue weighted by Gasteiger charge is -2.31. The summed E-state index contributed by atoms with van der Waals surface area (Å²) >= 11 is 0. The van der Waals surface area contributed by atoms with Gasteiger partial charge in [-0.15, -0.1) is 0 Å². The molecule has 0 spiro atoms. The number of hydrogen-bond acceptors (Lipinski definition) is 8. The minimum absolute atomic E-state index is 0.0797. The van der Waals surface area contributed by atoms with E-state index < -0.39 is 43.8 Å². The first-order valence-electron chi connectivity index (χ1n) is 14.7. The van der Waals surface area contributed by atoms with Crippen molar-refractivity contribution in [3.63, 3.8) is 0 Å². The van der Waals surface area contributed by atoms with E-state index in [0.29, 0.717) is 48.9 Å². The second kappa shape index (κ2) is 18.7. The molecule has 2 rings (SSSR count). The molecule has 0 aliphatic carbocycles. The van der Waals surface area contributed by atoms with Crippen molar-refractivity contribution in [1.82, 2.24) is 9.97 Å². The minimum atomic E-state index is -6.84. The molecule has 0 amide bonds. The van der Waals surface area contributed by atoms with Gasteiger partial charge in [-0.3, -0.25) is 0 Å². The maximum atomic E-state index is 13.5. The highest BCUT2D eigenvalue weighted by atomic mass is 19.4. The number of rotatable bonds is 24. The number of nitrogens with zero attached hydrogens (tertiary/aromatic N) is 2. The number of benzene rings is 1. The molecule has 8 nitrogen and oxygen atoms in total. The Balaban J connectivity index is 1.63. The molecule has 2 aromatic rings. The molecule has 0 saturated carbocycles. The highest BCUT2D eigenvalue weighted by Crippen LogP contribution is 2.47. The van der Waals surface area contributed by atoms with Crippen LogP contribution in [0.2, 0.25) is 0 Å². The molecule has 0 aliphatic rings. The van der Waals surface area contributed by atoms with E-state index in [-0.39, 0.29) is 13.0 Å². The average Bonchev–Trinajstić information content (AvgIpc) is 2.99. The maximum absolute atomic E-state index is 13.5. The van der Waals surface area contributed by atoms with Crippen LogP contribution < -0.4 is 9.47 Å². The Kier molecular flexibility index (Phi) is 16.0. The summed E-state index contributed by atoms with van der Waals surface area (Å²) in [5, 5.41) is 0. The minimum Gasteiger partial charge on any atom is -0.494 e. The quantitative estimate of drug-likeness (QED) is 0.0790. The lowest BCUT2D eigenvalue weighted by molar-refractivity contribution is -0.537. The van der Waals surface area contributed by atoms with Crippen molar-refractivity contribution < 1.29 is 76.7 Å². The van der Waals surface area contributed by atoms with Gasteiger partial charge in [0.25, 0.3) is 0 Å². The van der Waals surface area contributed by atoms with Gasteiger partial charge in [0.1, 0.15) is 12.4 Å². The van der Waals surface area contributed by atoms with Gasteiger partial charge in [0.15, 0.2) is 11.6 Å². The van der Waals surface area contributed by atoms with Crippen LogP contribution in [0.3, 0.4) is 0 Å². The topological polar surface area (TPSA) is 81.2 Å². The van der Waals surface area contributed by atoms with Gasteiger partial charge < -0.3 is 18.9 Å². The van der Waals surface area contributed by atoms with Crippen LogP contribution in [-0.2, 0) is 18.9 Å². The second-order valence-electron chi connectivity index (χ2n) is 10.1. The van der Waals surface area contributed by atoms with Gasteiger partial charge in [0.2, 0.25) is 0 Å². The van der Waals surface area contributed by atoms with Gasteiger partial charge in [-0.05, 0) is 62.8 Å². The van der Waals surface area contributed by atoms with Crippen molar-refractivity contribution in [2.45, 2.75) is 82.5 Å². The molecule has 0 unspecified atom stereocenters. The SMILES string of the molecule is CCCCOCCCCOc1cnc(-c2ccc(OCCCCCOCC(F)(F)OC(F)(F)C(F)(F)OC(F)(F)C(F)(F)F)cc2)nc1. The van der Waals surface area contributed by atoms with E-state index in [2.05, 4.69) is 26.4 Å². The van der Waals surface area contributed by atoms with Crippen molar-refractivity contribution in [3.8, 4) is 22.9 Å². The summed E-state index contributed by atoms with van der Waals surface area (Å²) in [7, 11) is 0. The molecular weight excluding hydrogens is 681 g/mol. The van der Waals surface area contributed by atoms with Crippen molar-refractivity contribution >= 4 is 0 Å². The zero-order valence-corrected chi connectivity index (χ0v) is 25.7. The largest absolute Gasteiger partial charge is 0.494 e. The highest BCUT2D eigenvalue weighted by molar-refractivity contribution is 5.56. The molecule has 48 heavy (non-hydrogen) atoms. The second-order valence-corrected chi connectivity index (χ2v) is 10.1. The number of unbranched alkanes of at least 4 members (excludes halogenated alkanes) is 4. The third-order valence-electron chi connectivity index (χ3n) is 6.01. The molecule has 0 radical (unpaired) electrons. The summed E-state index contributed by atoms with van der Waals surface area (Å²) in [6.07, 6.45) is -24.4. The Labute approximate surface area is 268 Å². The summed E-state index contributed by atoms with van der Waals surface area (Å²) < 4.78 is 166. The van der Waals surface area contributed by atoms with E-state index in [1.807, 2.05) is 0 Å². The van der Waals surface area contributed by atoms with Crippen LogP contribution in [-0.4, -0.2) is 80.2 Å². The smallest absolute Gasteiger partial charge is 0.483 e. The fourth-order valence-corrected chi connectivity index (χ4v) is 3.50. The van der Waals surface area contributed by atoms with Crippen molar-refractivity contribution in [3.05, 3.63) is 36.7 Å². The first-order chi connectivity index (χ1) is 22.4. The molecule has 1 heterocycles. The van der Waals surface area contributed by atoms with Crippen molar-refractivity contribution in [2.24, 2.45) is 0 Å². The van der Waals surface area contributed by atoms with Crippen molar-refractivity contribution in [2.75, 3.05) is 39.6 Å². The summed E-state index contributed by atoms with van der Waals surface area (Å²) in [5.41, 5.74) is 0.712. The Bertz CT molecular complexity index is 1190. The summed E-state index contributed by atoms with van der Waals surface area (Å²) in [6.45, 7) is 1.73. The van der Waals surface area contributed by atoms with E-state index in [4.69, 9.17) is 14.2 Å². The van der Waals surface area contributed by atoms with Gasteiger partial charge in [-0.2, -0.15) is 48.3 Å². The lowest BCUT2D eigenvalue weighted by atomic mass is 10.2. The maximum Gasteiger partial charge on any atom is 0.483 e. The van der Waals surface area contributed by atoms with E-state index in [0.717, 1.165) is 32.3 Å². The molecular formula is C29H35F11N2O6. The lowest BCUT2D eigenvalue weighted by Crippen LogP contribution is -2.55. The van der Waals surface area contributed by atoms with Gasteiger partial charge in [-0.25, -0.2) is 19.4 Å². The first-order valence-corrected chi connectivity index (χ1v) is 14.7. The molecule has 1 aromatic heterocycles. The summed E-state index contributed by atoms with van der Waals surface area (Å²) in [4.78, 5) is 8.59. The molecule has 0 fully saturated rings. The molecule has 19 heteroatoms. The zero-order valence-electron chi connectivity index (χ0n) is 25.7. The predicted molar refractivity (Wildman–Crippen MR) is 146 cm³/mol. The highest BCUT2D eigenvalue weighted by Gasteiger charge is 2.72. The van der Waals surface area contributed by atoms with E-state index in [9.17, 15) is 48.3 Å². The van der Waals surface area contributed by atoms with Gasteiger partial charge >= 0.3 is 30.6 Å². The normalized spacial score (nSPS) is 13.2. The molecule has 0 N–H and O–H groups in total. The van der Waals surface area contributed by atoms with Crippen molar-refractivity contribution in [1.29, 1.82) is 0 Å². The number of halogens is 11. The Hall–Kier alpha value is -3.03. The molecule has 274 valence electrons. The van der Waals surface area contributed by atoms with Crippen LogP contribution in [0, 0.1) is 0 Å². The third-order valence-corrected chi connectivity index (χ3v) is 6.01. The van der Waals surface area contributed by atoms with E-state index >= 15 is 0 Å². The molecule has 0 aliphatic heterocycles. The summed E-state index contributed by atoms with van der Waals surface area (Å²) in [6, 6.07) is 6.80. The van der Waals surface area contributed by atoms with Gasteiger partial charge in [-0.1, -0.05) is 13.3 Å². The monoisotopic (exact) mass is 716 g/mol. The van der Waals surface area contributed by atoms with Crippen LogP contribution in [0.25, 0.3) is 11.4 Å². The standard InChI is InChI=1S/C29H35F11N2O6/c1-2-3-13-43-14-7-8-17-46-23-18-41-24(42-19-23)21-9-11-22(12-10-21)45-16-6-4-5-15-44-20-25(30,31)47-28(37,38)29(39,40)48-27(35,36)26(32,33)34/h9-12,18-19H,2-8,13-17,20H2,1H3. The third kappa shape index (κ3) is 14.2. The van der Waals surface area contributed by atoms with E-state index in [1.54, 1.807) is 41.4 Å². The first kappa shape index (κ1) is 41.1. The van der Waals surface area contributed by atoms with Crippen LogP contribution in [0.4, 0.5) is 48.3 Å². The van der Waals surface area contributed by atoms with Crippen LogP contribution >= 0.6 is 0 Å². The summed E-state index contributed by atoms with van der Waals surface area (Å²) in [5.74, 6) is 1.50. The molecule has 0 saturated heterocycles. The predicted octanol–water partition coefficient (Wildman–Crippen LogP) is 8.65. The zero-order chi connectivity index (χ0) is 35.9. The molecule has 1 aromatic carbocycles. The average molecular weight is 717 g/mol. The van der Waals surface area contributed by atoms with Crippen LogP contribution in [0.1, 0.15) is 51.9 Å². The number of aromatic nitrogens is 2. The Morgan fingerprint density at radius 2 is 1.04 bits per heavy atom. The number of hydrogen-bond donors (Lipinski definition) is 0. The Morgan fingerprint density at radius 1 is 0.542 bits per heavy atom. The van der Waals surface area contributed by atoms with E-state index in [1.165, 1.54) is 0 Å². The van der Waals surface area contributed by atoms with Crippen LogP contribution in [0.5, 0.6) is 11.5 Å². The van der Waals surface area contributed by atoms with Gasteiger partial charge in [0, 0.05) is 25.4 Å². The fourth-order valence-electron chi connectivity index (χ4n) is 3.50. The molecule has 0 bridgehead atoms. The fraction of sp³-hybridized carbons (Fsp3) is 0.655. The van der Waals surface area contributed by atoms with Gasteiger partial charge in [0.05, 0.1) is 25.6 Å². The number of alkyl halides is 11. The number of ether oxygens (including phenoxy) is 6. The molecule has 0 atom stereocenters. The van der Waals surface area contributed by atoms with Crippen LogP contribution in [0.15, 0.2) is 36.7 Å². The Morgan fingerprint density at radius 3 is 1.65 bits per heavy atom.